The summed E-state index contributed by atoms with van der Waals surface area (Å²) in [6.07, 6.45) is 6.34. The van der Waals surface area contributed by atoms with Crippen molar-refractivity contribution in [2.75, 3.05) is 5.32 Å². The number of aryl methyl sites for hydroxylation is 1. The monoisotopic (exact) mass is 301 g/mol. The molecule has 0 aliphatic rings. The van der Waals surface area contributed by atoms with E-state index in [1.54, 1.807) is 18.5 Å². The van der Waals surface area contributed by atoms with E-state index in [0.717, 1.165) is 21.3 Å². The topological polar surface area (TPSA) is 68.0 Å². The van der Waals surface area contributed by atoms with Gasteiger partial charge in [0.15, 0.2) is 0 Å². The van der Waals surface area contributed by atoms with E-state index < -0.39 is 0 Å². The number of carbonyl (C=O) groups is 1. The van der Waals surface area contributed by atoms with Gasteiger partial charge in [-0.2, -0.15) is 0 Å². The Kier molecular flexibility index (Phi) is 4.49. The predicted octanol–water partition coefficient (Wildman–Crippen LogP) is 3.99. The molecule has 3 aromatic heterocycles. The molecule has 0 spiro atoms. The highest BCUT2D eigenvalue weighted by Crippen LogP contribution is 2.31. The number of furan rings is 1. The summed E-state index contributed by atoms with van der Waals surface area (Å²) in [4.78, 5) is 20.5. The Hall–Kier alpha value is -2.47. The van der Waals surface area contributed by atoms with E-state index in [1.165, 1.54) is 23.9 Å². The van der Waals surface area contributed by atoms with Gasteiger partial charge in [0.25, 0.3) is 5.91 Å². The van der Waals surface area contributed by atoms with Crippen LogP contribution in [-0.2, 0) is 0 Å². The van der Waals surface area contributed by atoms with Crippen LogP contribution in [0.15, 0.2) is 47.5 Å². The third kappa shape index (κ3) is 3.17. The van der Waals surface area contributed by atoms with Gasteiger partial charge in [0.2, 0.25) is 0 Å². The standard InChI is InChI=1S/C14H11N3O2S.CH4/c1-9-13(17-12(18)11-4-6-19-8-11)20-14(16-9)10-3-2-5-15-7-10;/h2-8H,1H3,(H,17,18);1H4. The normalized spacial score (nSPS) is 9.95. The maximum atomic E-state index is 12.0. The van der Waals surface area contributed by atoms with E-state index in [1.807, 2.05) is 19.1 Å². The summed E-state index contributed by atoms with van der Waals surface area (Å²) in [5.74, 6) is -0.205. The molecule has 0 aliphatic carbocycles. The maximum Gasteiger partial charge on any atom is 0.259 e. The Labute approximate surface area is 126 Å². The van der Waals surface area contributed by atoms with Crippen molar-refractivity contribution in [2.24, 2.45) is 0 Å². The molecular formula is C15H15N3O2S. The number of pyridine rings is 1. The van der Waals surface area contributed by atoms with Gasteiger partial charge in [-0.05, 0) is 25.1 Å². The highest BCUT2D eigenvalue weighted by molar-refractivity contribution is 7.19. The molecule has 0 bridgehead atoms. The summed E-state index contributed by atoms with van der Waals surface area (Å²) in [5.41, 5.74) is 2.20. The van der Waals surface area contributed by atoms with E-state index in [4.69, 9.17) is 4.42 Å². The first-order valence-electron chi connectivity index (χ1n) is 5.95. The lowest BCUT2D eigenvalue weighted by molar-refractivity contribution is 0.102. The van der Waals surface area contributed by atoms with Crippen LogP contribution in [0, 0.1) is 6.92 Å². The van der Waals surface area contributed by atoms with Crippen LogP contribution >= 0.6 is 11.3 Å². The number of hydrogen-bond donors (Lipinski definition) is 1. The first-order chi connectivity index (χ1) is 9.74. The molecule has 6 heteroatoms. The van der Waals surface area contributed by atoms with Crippen LogP contribution in [0.2, 0.25) is 0 Å². The molecule has 0 aliphatic heterocycles. The van der Waals surface area contributed by atoms with Crippen molar-refractivity contribution in [3.8, 4) is 10.6 Å². The lowest BCUT2D eigenvalue weighted by Gasteiger charge is -1.99. The first kappa shape index (κ1) is 14.9. The fraction of sp³-hybridized carbons (Fsp3) is 0.133. The average molecular weight is 301 g/mol. The lowest BCUT2D eigenvalue weighted by atomic mass is 10.3. The van der Waals surface area contributed by atoms with Crippen molar-refractivity contribution >= 4 is 22.2 Å². The minimum Gasteiger partial charge on any atom is -0.472 e. The van der Waals surface area contributed by atoms with Gasteiger partial charge in [-0.1, -0.05) is 18.8 Å². The summed E-state index contributed by atoms with van der Waals surface area (Å²) in [6, 6.07) is 5.41. The molecule has 3 heterocycles. The van der Waals surface area contributed by atoms with Crippen molar-refractivity contribution < 1.29 is 9.21 Å². The van der Waals surface area contributed by atoms with Gasteiger partial charge in [0.1, 0.15) is 16.3 Å². The molecule has 0 aromatic carbocycles. The molecule has 0 saturated heterocycles. The van der Waals surface area contributed by atoms with Gasteiger partial charge in [0, 0.05) is 18.0 Å². The number of aromatic nitrogens is 2. The molecule has 3 aromatic rings. The van der Waals surface area contributed by atoms with Crippen LogP contribution in [0.25, 0.3) is 10.6 Å². The number of thiazole rings is 1. The van der Waals surface area contributed by atoms with Crippen LogP contribution in [0.1, 0.15) is 23.5 Å². The number of hydrogen-bond acceptors (Lipinski definition) is 5. The summed E-state index contributed by atoms with van der Waals surface area (Å²) in [5, 5.41) is 4.40. The number of nitrogens with zero attached hydrogens (tertiary/aromatic N) is 2. The second-order valence-electron chi connectivity index (χ2n) is 4.14. The van der Waals surface area contributed by atoms with Gasteiger partial charge < -0.3 is 9.73 Å². The second-order valence-corrected chi connectivity index (χ2v) is 5.14. The van der Waals surface area contributed by atoms with Crippen LogP contribution in [0.5, 0.6) is 0 Å². The van der Waals surface area contributed by atoms with Gasteiger partial charge in [-0.25, -0.2) is 4.98 Å². The van der Waals surface area contributed by atoms with Gasteiger partial charge in [-0.15, -0.1) is 0 Å². The van der Waals surface area contributed by atoms with Crippen LogP contribution < -0.4 is 5.32 Å². The number of rotatable bonds is 3. The van der Waals surface area contributed by atoms with Gasteiger partial charge in [0.05, 0.1) is 17.5 Å². The van der Waals surface area contributed by atoms with E-state index >= 15 is 0 Å². The Morgan fingerprint density at radius 2 is 2.24 bits per heavy atom. The molecule has 3 rings (SSSR count). The Morgan fingerprint density at radius 1 is 1.38 bits per heavy atom. The minimum absolute atomic E-state index is 0. The molecule has 1 N–H and O–H groups in total. The molecule has 108 valence electrons. The van der Waals surface area contributed by atoms with Crippen molar-refractivity contribution in [1.82, 2.24) is 9.97 Å². The third-order valence-electron chi connectivity index (χ3n) is 2.72. The largest absolute Gasteiger partial charge is 0.472 e. The highest BCUT2D eigenvalue weighted by atomic mass is 32.1. The maximum absolute atomic E-state index is 12.0. The van der Waals surface area contributed by atoms with E-state index in [2.05, 4.69) is 15.3 Å². The zero-order valence-electron chi connectivity index (χ0n) is 10.7. The summed E-state index contributed by atoms with van der Waals surface area (Å²) in [7, 11) is 0. The molecule has 21 heavy (non-hydrogen) atoms. The van der Waals surface area contributed by atoms with Crippen molar-refractivity contribution in [3.63, 3.8) is 0 Å². The third-order valence-corrected chi connectivity index (χ3v) is 3.84. The first-order valence-corrected chi connectivity index (χ1v) is 6.77. The quantitative estimate of drug-likeness (QED) is 0.794. The summed E-state index contributed by atoms with van der Waals surface area (Å²) in [6.45, 7) is 1.86. The van der Waals surface area contributed by atoms with Crippen molar-refractivity contribution in [3.05, 3.63) is 54.4 Å². The zero-order valence-corrected chi connectivity index (χ0v) is 11.5. The van der Waals surface area contributed by atoms with E-state index in [-0.39, 0.29) is 13.3 Å². The SMILES string of the molecule is C.Cc1nc(-c2cccnc2)sc1NC(=O)c1ccoc1. The molecule has 5 nitrogen and oxygen atoms in total. The molecule has 1 amide bonds. The van der Waals surface area contributed by atoms with Crippen molar-refractivity contribution in [2.45, 2.75) is 14.4 Å². The van der Waals surface area contributed by atoms with Crippen LogP contribution in [0.3, 0.4) is 0 Å². The Bertz CT molecular complexity index is 721. The number of carbonyl (C=O) groups excluding carboxylic acids is 1. The molecule has 0 unspecified atom stereocenters. The lowest BCUT2D eigenvalue weighted by Crippen LogP contribution is -2.10. The average Bonchev–Trinajstić information content (AvgIpc) is 3.10. The number of amides is 1. The van der Waals surface area contributed by atoms with Gasteiger partial charge in [-0.3, -0.25) is 9.78 Å². The zero-order chi connectivity index (χ0) is 13.9. The minimum atomic E-state index is -0.205. The number of anilines is 1. The second kappa shape index (κ2) is 6.32. The van der Waals surface area contributed by atoms with E-state index in [0.29, 0.717) is 5.56 Å². The summed E-state index contributed by atoms with van der Waals surface area (Å²) < 4.78 is 4.90. The highest BCUT2D eigenvalue weighted by Gasteiger charge is 2.13. The molecular weight excluding hydrogens is 286 g/mol. The molecule has 0 fully saturated rings. The predicted molar refractivity (Wildman–Crippen MR) is 83.5 cm³/mol. The number of nitrogens with one attached hydrogen (secondary N) is 1. The molecule has 0 atom stereocenters. The van der Waals surface area contributed by atoms with Crippen molar-refractivity contribution in [1.29, 1.82) is 0 Å². The smallest absolute Gasteiger partial charge is 0.259 e. The Balaban J connectivity index is 0.00000161. The fourth-order valence-corrected chi connectivity index (χ4v) is 2.65. The van der Waals surface area contributed by atoms with Crippen LogP contribution in [-0.4, -0.2) is 15.9 Å². The fourth-order valence-electron chi connectivity index (χ4n) is 1.69. The Morgan fingerprint density at radius 3 is 2.90 bits per heavy atom. The van der Waals surface area contributed by atoms with Gasteiger partial charge >= 0.3 is 0 Å². The summed E-state index contributed by atoms with van der Waals surface area (Å²) >= 11 is 1.42. The molecule has 0 saturated carbocycles. The van der Waals surface area contributed by atoms with E-state index in [9.17, 15) is 4.79 Å². The van der Waals surface area contributed by atoms with Crippen LogP contribution in [0.4, 0.5) is 5.00 Å². The molecule has 0 radical (unpaired) electrons.